The zero-order valence-electron chi connectivity index (χ0n) is 12.8. The van der Waals surface area contributed by atoms with Crippen molar-refractivity contribution in [3.05, 3.63) is 29.3 Å². The second-order valence-corrected chi connectivity index (χ2v) is 6.70. The van der Waals surface area contributed by atoms with Gasteiger partial charge in [-0.05, 0) is 26.0 Å². The number of carboxylic acids is 1. The molecule has 0 radical (unpaired) electrons. The molecule has 1 aromatic rings. The van der Waals surface area contributed by atoms with Crippen LogP contribution in [0.5, 0.6) is 0 Å². The van der Waals surface area contributed by atoms with E-state index in [1.54, 1.807) is 26.0 Å². The Hall–Kier alpha value is -2.09. The van der Waals surface area contributed by atoms with E-state index in [-0.39, 0.29) is 24.2 Å². The molecular formula is C14H20N2O5S. The number of benzene rings is 1. The van der Waals surface area contributed by atoms with Crippen LogP contribution < -0.4 is 4.72 Å². The first-order chi connectivity index (χ1) is 10.1. The minimum absolute atomic E-state index is 0.0664. The van der Waals surface area contributed by atoms with E-state index in [0.29, 0.717) is 6.54 Å². The summed E-state index contributed by atoms with van der Waals surface area (Å²) in [7, 11) is -3.52. The van der Waals surface area contributed by atoms with Gasteiger partial charge in [0.1, 0.15) is 0 Å². The molecule has 1 amide bonds. The van der Waals surface area contributed by atoms with E-state index in [1.807, 2.05) is 0 Å². The van der Waals surface area contributed by atoms with Crippen molar-refractivity contribution >= 4 is 27.6 Å². The number of anilines is 1. The molecular weight excluding hydrogens is 308 g/mol. The molecule has 0 heterocycles. The van der Waals surface area contributed by atoms with Crippen LogP contribution >= 0.6 is 0 Å². The molecule has 122 valence electrons. The first-order valence-corrected chi connectivity index (χ1v) is 8.62. The number of nitrogens with one attached hydrogen (secondary N) is 1. The fourth-order valence-corrected chi connectivity index (χ4v) is 2.51. The molecule has 2 N–H and O–H groups in total. The van der Waals surface area contributed by atoms with Crippen molar-refractivity contribution in [3.63, 3.8) is 0 Å². The van der Waals surface area contributed by atoms with E-state index in [9.17, 15) is 18.0 Å². The average Bonchev–Trinajstić information content (AvgIpc) is 2.39. The molecule has 0 aromatic heterocycles. The van der Waals surface area contributed by atoms with Crippen molar-refractivity contribution in [2.24, 2.45) is 0 Å². The smallest absolute Gasteiger partial charge is 0.305 e. The van der Waals surface area contributed by atoms with Gasteiger partial charge in [0.15, 0.2) is 0 Å². The van der Waals surface area contributed by atoms with Crippen molar-refractivity contribution in [2.75, 3.05) is 24.1 Å². The third-order valence-corrected chi connectivity index (χ3v) is 3.56. The summed E-state index contributed by atoms with van der Waals surface area (Å²) in [6.45, 7) is 3.92. The lowest BCUT2D eigenvalue weighted by Crippen LogP contribution is -2.33. The van der Waals surface area contributed by atoms with Crippen LogP contribution in [0.4, 0.5) is 5.69 Å². The number of hydrogen-bond donors (Lipinski definition) is 2. The molecule has 0 unspecified atom stereocenters. The Morgan fingerprint density at radius 2 is 1.95 bits per heavy atom. The minimum atomic E-state index is -3.52. The normalized spacial score (nSPS) is 11.0. The van der Waals surface area contributed by atoms with Gasteiger partial charge in [0.25, 0.3) is 5.91 Å². The highest BCUT2D eigenvalue weighted by Crippen LogP contribution is 2.20. The summed E-state index contributed by atoms with van der Waals surface area (Å²) in [6, 6.07) is 4.80. The number of amides is 1. The van der Waals surface area contributed by atoms with Crippen molar-refractivity contribution in [1.29, 1.82) is 0 Å². The van der Waals surface area contributed by atoms with Crippen LogP contribution in [0, 0.1) is 6.92 Å². The molecule has 0 aliphatic rings. The van der Waals surface area contributed by atoms with Gasteiger partial charge < -0.3 is 10.0 Å². The van der Waals surface area contributed by atoms with Crippen molar-refractivity contribution < 1.29 is 23.1 Å². The minimum Gasteiger partial charge on any atom is -0.481 e. The fraction of sp³-hybridized carbons (Fsp3) is 0.429. The van der Waals surface area contributed by atoms with Crippen molar-refractivity contribution in [3.8, 4) is 0 Å². The van der Waals surface area contributed by atoms with Crippen molar-refractivity contribution in [2.45, 2.75) is 20.3 Å². The van der Waals surface area contributed by atoms with Gasteiger partial charge in [0.05, 0.1) is 23.9 Å². The molecule has 0 atom stereocenters. The van der Waals surface area contributed by atoms with Gasteiger partial charge in [0, 0.05) is 13.1 Å². The molecule has 0 spiro atoms. The zero-order chi connectivity index (χ0) is 16.9. The van der Waals surface area contributed by atoms with Gasteiger partial charge in [0.2, 0.25) is 10.0 Å². The number of sulfonamides is 1. The zero-order valence-corrected chi connectivity index (χ0v) is 13.6. The average molecular weight is 328 g/mol. The van der Waals surface area contributed by atoms with Crippen LogP contribution in [0.2, 0.25) is 0 Å². The van der Waals surface area contributed by atoms with Crippen LogP contribution in [0.15, 0.2) is 18.2 Å². The van der Waals surface area contributed by atoms with E-state index in [2.05, 4.69) is 4.72 Å². The molecule has 0 saturated carbocycles. The molecule has 1 rings (SSSR count). The number of carbonyl (C=O) groups is 2. The molecule has 0 aliphatic heterocycles. The summed E-state index contributed by atoms with van der Waals surface area (Å²) in [6.07, 6.45) is 0.837. The van der Waals surface area contributed by atoms with Gasteiger partial charge in [-0.3, -0.25) is 14.3 Å². The number of aryl methyl sites for hydroxylation is 1. The summed E-state index contributed by atoms with van der Waals surface area (Å²) in [5.74, 6) is -1.40. The third kappa shape index (κ3) is 5.36. The summed E-state index contributed by atoms with van der Waals surface area (Å²) in [5.41, 5.74) is 1.20. The van der Waals surface area contributed by atoms with Crippen LogP contribution in [0.1, 0.15) is 29.3 Å². The quantitative estimate of drug-likeness (QED) is 0.785. The summed E-state index contributed by atoms with van der Waals surface area (Å²) in [4.78, 5) is 24.6. The lowest BCUT2D eigenvalue weighted by molar-refractivity contribution is -0.137. The summed E-state index contributed by atoms with van der Waals surface area (Å²) < 4.78 is 25.1. The van der Waals surface area contributed by atoms with Crippen LogP contribution in [0.3, 0.4) is 0 Å². The molecule has 7 nitrogen and oxygen atoms in total. The maximum absolute atomic E-state index is 12.5. The predicted octanol–water partition coefficient (Wildman–Crippen LogP) is 1.30. The number of carboxylic acid groups (broad SMARTS) is 1. The standard InChI is InChI=1S/C14H20N2O5S/c1-4-16(8-7-13(17)18)14(19)11-9-10(2)5-6-12(11)15-22(3,20)21/h5-6,9,15H,4,7-8H2,1-3H3,(H,17,18). The van der Waals surface area contributed by atoms with E-state index in [4.69, 9.17) is 5.11 Å². The maximum Gasteiger partial charge on any atom is 0.305 e. The van der Waals surface area contributed by atoms with Crippen LogP contribution in [0.25, 0.3) is 0 Å². The lowest BCUT2D eigenvalue weighted by atomic mass is 10.1. The number of aliphatic carboxylic acids is 1. The second kappa shape index (κ2) is 7.26. The van der Waals surface area contributed by atoms with Crippen LogP contribution in [-0.4, -0.2) is 49.6 Å². The fourth-order valence-electron chi connectivity index (χ4n) is 1.93. The Morgan fingerprint density at radius 3 is 2.45 bits per heavy atom. The van der Waals surface area contributed by atoms with Gasteiger partial charge in [-0.25, -0.2) is 8.42 Å². The number of rotatable bonds is 7. The highest BCUT2D eigenvalue weighted by molar-refractivity contribution is 7.92. The number of hydrogen-bond acceptors (Lipinski definition) is 4. The van der Waals surface area contributed by atoms with Gasteiger partial charge in [-0.15, -0.1) is 0 Å². The number of carbonyl (C=O) groups excluding carboxylic acids is 1. The lowest BCUT2D eigenvalue weighted by Gasteiger charge is -2.22. The predicted molar refractivity (Wildman–Crippen MR) is 83.5 cm³/mol. The molecule has 0 bridgehead atoms. The maximum atomic E-state index is 12.5. The highest BCUT2D eigenvalue weighted by Gasteiger charge is 2.20. The summed E-state index contributed by atoms with van der Waals surface area (Å²) in [5, 5.41) is 8.73. The first-order valence-electron chi connectivity index (χ1n) is 6.73. The Kier molecular flexibility index (Phi) is 5.92. The molecule has 1 aromatic carbocycles. The van der Waals surface area contributed by atoms with Gasteiger partial charge in [-0.2, -0.15) is 0 Å². The van der Waals surface area contributed by atoms with E-state index >= 15 is 0 Å². The Balaban J connectivity index is 3.13. The molecule has 0 fully saturated rings. The topological polar surface area (TPSA) is 104 Å². The molecule has 22 heavy (non-hydrogen) atoms. The van der Waals surface area contributed by atoms with E-state index in [1.165, 1.54) is 11.0 Å². The molecule has 8 heteroatoms. The summed E-state index contributed by atoms with van der Waals surface area (Å²) >= 11 is 0. The largest absolute Gasteiger partial charge is 0.481 e. The number of nitrogens with zero attached hydrogens (tertiary/aromatic N) is 1. The Morgan fingerprint density at radius 1 is 1.32 bits per heavy atom. The highest BCUT2D eigenvalue weighted by atomic mass is 32.2. The monoisotopic (exact) mass is 328 g/mol. The van der Waals surface area contributed by atoms with Gasteiger partial charge >= 0.3 is 5.97 Å². The molecule has 0 saturated heterocycles. The van der Waals surface area contributed by atoms with E-state index < -0.39 is 21.9 Å². The Bertz CT molecular complexity index is 670. The van der Waals surface area contributed by atoms with Crippen LogP contribution in [-0.2, 0) is 14.8 Å². The first kappa shape index (κ1) is 18.0. The Labute approximate surface area is 130 Å². The third-order valence-electron chi connectivity index (χ3n) is 2.97. The van der Waals surface area contributed by atoms with E-state index in [0.717, 1.165) is 11.8 Å². The SMILES string of the molecule is CCN(CCC(=O)O)C(=O)c1cc(C)ccc1NS(C)(=O)=O. The molecule has 0 aliphatic carbocycles. The second-order valence-electron chi connectivity index (χ2n) is 4.95. The van der Waals surface area contributed by atoms with Gasteiger partial charge in [-0.1, -0.05) is 11.6 Å². The van der Waals surface area contributed by atoms with Crippen molar-refractivity contribution in [1.82, 2.24) is 4.90 Å².